The highest BCUT2D eigenvalue weighted by Crippen LogP contribution is 2.47. The first kappa shape index (κ1) is 19.3. The zero-order chi connectivity index (χ0) is 20.2. The third-order valence-electron chi connectivity index (χ3n) is 6.47. The summed E-state index contributed by atoms with van der Waals surface area (Å²) in [6.45, 7) is 0.893. The number of nitrogens with zero attached hydrogens (tertiary/aromatic N) is 2. The molecule has 5 rings (SSSR count). The Morgan fingerprint density at radius 2 is 1.90 bits per heavy atom. The zero-order valence-electron chi connectivity index (χ0n) is 16.6. The van der Waals surface area contributed by atoms with E-state index in [-0.39, 0.29) is 10.8 Å². The van der Waals surface area contributed by atoms with E-state index in [2.05, 4.69) is 0 Å². The predicted octanol–water partition coefficient (Wildman–Crippen LogP) is 3.76. The third kappa shape index (κ3) is 3.64. The maximum Gasteiger partial charge on any atom is 0.253 e. The number of rotatable bonds is 6. The molecule has 0 radical (unpaired) electrons. The number of hydrogen-bond acceptors (Lipinski definition) is 4. The summed E-state index contributed by atoms with van der Waals surface area (Å²) >= 11 is 1.69. The first-order valence-corrected chi connectivity index (χ1v) is 12.7. The molecule has 0 saturated heterocycles. The van der Waals surface area contributed by atoms with Crippen molar-refractivity contribution in [2.75, 3.05) is 13.6 Å². The molecule has 0 atom stereocenters. The van der Waals surface area contributed by atoms with E-state index in [9.17, 15) is 13.2 Å². The third-order valence-corrected chi connectivity index (χ3v) is 9.33. The van der Waals surface area contributed by atoms with Gasteiger partial charge in [0.15, 0.2) is 0 Å². The largest absolute Gasteiger partial charge is 0.338 e. The van der Waals surface area contributed by atoms with Crippen LogP contribution in [0.5, 0.6) is 0 Å². The van der Waals surface area contributed by atoms with Gasteiger partial charge in [0.05, 0.1) is 4.90 Å². The second-order valence-corrected chi connectivity index (χ2v) is 11.5. The van der Waals surface area contributed by atoms with Crippen molar-refractivity contribution in [2.45, 2.75) is 49.6 Å². The number of fused-ring (bicyclic) bond motifs is 1. The zero-order valence-corrected chi connectivity index (χ0v) is 18.2. The van der Waals surface area contributed by atoms with Crippen LogP contribution in [0.2, 0.25) is 0 Å². The molecule has 5 nitrogen and oxygen atoms in total. The minimum absolute atomic E-state index is 0.0652. The average molecular weight is 431 g/mol. The van der Waals surface area contributed by atoms with Gasteiger partial charge in [-0.2, -0.15) is 4.31 Å². The lowest BCUT2D eigenvalue weighted by Crippen LogP contribution is -2.40. The fourth-order valence-electron chi connectivity index (χ4n) is 4.60. The summed E-state index contributed by atoms with van der Waals surface area (Å²) in [4.78, 5) is 16.5. The van der Waals surface area contributed by atoms with Gasteiger partial charge in [0, 0.05) is 36.6 Å². The maximum absolute atomic E-state index is 13.2. The smallest absolute Gasteiger partial charge is 0.253 e. The van der Waals surface area contributed by atoms with Crippen LogP contribution in [0.4, 0.5) is 0 Å². The normalized spacial score (nSPS) is 19.9. The molecule has 2 aromatic rings. The van der Waals surface area contributed by atoms with Crippen molar-refractivity contribution >= 4 is 27.3 Å². The number of carbonyl (C=O) groups is 1. The molecule has 1 aromatic heterocycles. The first-order valence-electron chi connectivity index (χ1n) is 10.4. The van der Waals surface area contributed by atoms with E-state index in [1.807, 2.05) is 23.4 Å². The standard InChI is InChI=1S/C22H26N2O3S2/c1-23(21(15-5-6-15)16-7-8-16)22(25)17-3-2-4-19(13-17)29(26,27)24-11-9-20-18(14-24)10-12-28-20/h2-4,10,12-13,15-16,21H,5-9,11,14H2,1H3. The number of hydrogen-bond donors (Lipinski definition) is 0. The number of benzene rings is 1. The van der Waals surface area contributed by atoms with Crippen molar-refractivity contribution in [1.82, 2.24) is 9.21 Å². The quantitative estimate of drug-likeness (QED) is 0.701. The van der Waals surface area contributed by atoms with Crippen LogP contribution in [-0.2, 0) is 23.0 Å². The molecule has 7 heteroatoms. The van der Waals surface area contributed by atoms with Crippen molar-refractivity contribution < 1.29 is 13.2 Å². The SMILES string of the molecule is CN(C(=O)c1cccc(S(=O)(=O)N2CCc3sccc3C2)c1)C(C1CC1)C1CC1. The highest BCUT2D eigenvalue weighted by molar-refractivity contribution is 7.89. The van der Waals surface area contributed by atoms with Gasteiger partial charge in [-0.3, -0.25) is 4.79 Å². The fourth-order valence-corrected chi connectivity index (χ4v) is 6.95. The summed E-state index contributed by atoms with van der Waals surface area (Å²) in [5.41, 5.74) is 1.56. The number of amides is 1. The van der Waals surface area contributed by atoms with Crippen LogP contribution < -0.4 is 0 Å². The van der Waals surface area contributed by atoms with E-state index < -0.39 is 10.0 Å². The van der Waals surface area contributed by atoms with Crippen LogP contribution in [0.3, 0.4) is 0 Å². The Morgan fingerprint density at radius 1 is 1.17 bits per heavy atom. The molecule has 0 bridgehead atoms. The van der Waals surface area contributed by atoms with Crippen LogP contribution >= 0.6 is 11.3 Å². The van der Waals surface area contributed by atoms with Crippen LogP contribution in [0.1, 0.15) is 46.5 Å². The van der Waals surface area contributed by atoms with Crippen LogP contribution in [0, 0.1) is 11.8 Å². The van der Waals surface area contributed by atoms with E-state index >= 15 is 0 Å². The van der Waals surface area contributed by atoms with E-state index in [0.29, 0.717) is 36.5 Å². The van der Waals surface area contributed by atoms with E-state index in [1.165, 1.54) is 34.9 Å². The Kier molecular flexibility index (Phi) is 4.80. The molecular weight excluding hydrogens is 404 g/mol. The number of sulfonamides is 1. The summed E-state index contributed by atoms with van der Waals surface area (Å²) in [5, 5.41) is 2.02. The molecule has 2 aliphatic carbocycles. The van der Waals surface area contributed by atoms with Gasteiger partial charge in [0.1, 0.15) is 0 Å². The maximum atomic E-state index is 13.2. The van der Waals surface area contributed by atoms with E-state index in [1.54, 1.807) is 35.6 Å². The lowest BCUT2D eigenvalue weighted by molar-refractivity contribution is 0.0689. The Labute approximate surface area is 176 Å². The van der Waals surface area contributed by atoms with Gasteiger partial charge in [-0.25, -0.2) is 8.42 Å². The Balaban J connectivity index is 1.38. The molecule has 0 unspecified atom stereocenters. The van der Waals surface area contributed by atoms with Gasteiger partial charge >= 0.3 is 0 Å². The Morgan fingerprint density at radius 3 is 2.59 bits per heavy atom. The molecule has 2 saturated carbocycles. The second kappa shape index (κ2) is 7.22. The Hall–Kier alpha value is -1.70. The monoisotopic (exact) mass is 430 g/mol. The summed E-state index contributed by atoms with van der Waals surface area (Å²) < 4.78 is 28.0. The lowest BCUT2D eigenvalue weighted by Gasteiger charge is -2.29. The highest BCUT2D eigenvalue weighted by atomic mass is 32.2. The molecule has 0 N–H and O–H groups in total. The van der Waals surface area contributed by atoms with Crippen LogP contribution in [-0.4, -0.2) is 43.2 Å². The van der Waals surface area contributed by atoms with E-state index in [4.69, 9.17) is 0 Å². The van der Waals surface area contributed by atoms with Gasteiger partial charge in [0.25, 0.3) is 5.91 Å². The molecule has 1 amide bonds. The predicted molar refractivity (Wildman–Crippen MR) is 113 cm³/mol. The minimum Gasteiger partial charge on any atom is -0.338 e. The van der Waals surface area contributed by atoms with Crippen molar-refractivity contribution in [1.29, 1.82) is 0 Å². The average Bonchev–Trinajstić information content (AvgIpc) is 3.67. The lowest BCUT2D eigenvalue weighted by atomic mass is 10.0. The second-order valence-electron chi connectivity index (χ2n) is 8.57. The fraction of sp³-hybridized carbons (Fsp3) is 0.500. The number of thiophene rings is 1. The Bertz CT molecular complexity index is 1030. The van der Waals surface area contributed by atoms with Gasteiger partial charge in [-0.05, 0) is 79.1 Å². The molecule has 1 aliphatic heterocycles. The minimum atomic E-state index is -3.63. The summed E-state index contributed by atoms with van der Waals surface area (Å²) in [5.74, 6) is 1.18. The van der Waals surface area contributed by atoms with Gasteiger partial charge < -0.3 is 4.90 Å². The molecule has 0 spiro atoms. The van der Waals surface area contributed by atoms with Gasteiger partial charge in [0.2, 0.25) is 10.0 Å². The number of carbonyl (C=O) groups excluding carboxylic acids is 1. The van der Waals surface area contributed by atoms with Crippen LogP contribution in [0.25, 0.3) is 0 Å². The van der Waals surface area contributed by atoms with Crippen molar-refractivity contribution in [2.24, 2.45) is 11.8 Å². The summed E-state index contributed by atoms with van der Waals surface area (Å²) in [7, 11) is -1.74. The molecule has 3 aliphatic rings. The van der Waals surface area contributed by atoms with Crippen LogP contribution in [0.15, 0.2) is 40.6 Å². The van der Waals surface area contributed by atoms with Crippen molar-refractivity contribution in [3.05, 3.63) is 51.7 Å². The topological polar surface area (TPSA) is 57.7 Å². The molecule has 29 heavy (non-hydrogen) atoms. The summed E-state index contributed by atoms with van der Waals surface area (Å²) in [6, 6.07) is 8.91. The highest BCUT2D eigenvalue weighted by Gasteiger charge is 2.45. The van der Waals surface area contributed by atoms with Crippen molar-refractivity contribution in [3.8, 4) is 0 Å². The van der Waals surface area contributed by atoms with Crippen molar-refractivity contribution in [3.63, 3.8) is 0 Å². The van der Waals surface area contributed by atoms with Gasteiger partial charge in [-0.1, -0.05) is 6.07 Å². The molecular formula is C22H26N2O3S2. The molecule has 2 heterocycles. The summed E-state index contributed by atoms with van der Waals surface area (Å²) in [6.07, 6.45) is 5.55. The molecule has 1 aromatic carbocycles. The first-order chi connectivity index (χ1) is 13.9. The van der Waals surface area contributed by atoms with Gasteiger partial charge in [-0.15, -0.1) is 11.3 Å². The van der Waals surface area contributed by atoms with E-state index in [0.717, 1.165) is 12.0 Å². The molecule has 2 fully saturated rings. The molecule has 154 valence electrons.